The molecule has 94 valence electrons. The number of rotatable bonds is 3. The first-order valence-electron chi connectivity index (χ1n) is 5.74. The fraction of sp³-hybridized carbons (Fsp3) is 0.250. The molecule has 6 nitrogen and oxygen atoms in total. The summed E-state index contributed by atoms with van der Waals surface area (Å²) in [5.74, 6) is 1.42. The van der Waals surface area contributed by atoms with E-state index in [1.54, 1.807) is 12.3 Å². The summed E-state index contributed by atoms with van der Waals surface area (Å²) in [5, 5.41) is 10.00. The zero-order valence-electron chi connectivity index (χ0n) is 9.77. The predicted molar refractivity (Wildman–Crippen MR) is 67.8 cm³/mol. The minimum atomic E-state index is 0.563. The lowest BCUT2D eigenvalue weighted by Gasteiger charge is -2.20. The van der Waals surface area contributed by atoms with Crippen LogP contribution in [0.4, 0.5) is 11.4 Å². The number of aromatic nitrogens is 2. The summed E-state index contributed by atoms with van der Waals surface area (Å²) >= 11 is 0. The Balaban J connectivity index is 1.79. The topological polar surface area (TPSA) is 85.2 Å². The van der Waals surface area contributed by atoms with Gasteiger partial charge in [0.05, 0.1) is 23.6 Å². The maximum Gasteiger partial charge on any atom is 0.163 e. The fourth-order valence-corrected chi connectivity index (χ4v) is 1.83. The number of nitrogens with zero attached hydrogens (tertiary/aromatic N) is 1. The second-order valence-electron chi connectivity index (χ2n) is 4.02. The fourth-order valence-electron chi connectivity index (χ4n) is 1.83. The van der Waals surface area contributed by atoms with Gasteiger partial charge in [0.1, 0.15) is 13.2 Å². The first-order chi connectivity index (χ1) is 8.83. The minimum absolute atomic E-state index is 0.563. The van der Waals surface area contributed by atoms with Crippen molar-refractivity contribution in [2.75, 3.05) is 24.3 Å². The van der Waals surface area contributed by atoms with E-state index in [-0.39, 0.29) is 0 Å². The molecule has 1 aromatic carbocycles. The lowest BCUT2D eigenvalue weighted by atomic mass is 10.2. The molecule has 2 heterocycles. The van der Waals surface area contributed by atoms with E-state index in [1.165, 1.54) is 0 Å². The Morgan fingerprint density at radius 2 is 2.06 bits per heavy atom. The molecule has 1 aromatic heterocycles. The van der Waals surface area contributed by atoms with E-state index in [1.807, 2.05) is 12.1 Å². The van der Waals surface area contributed by atoms with Gasteiger partial charge in [-0.1, -0.05) is 0 Å². The molecule has 4 N–H and O–H groups in total. The molecule has 0 amide bonds. The Kier molecular flexibility index (Phi) is 2.68. The van der Waals surface area contributed by atoms with Gasteiger partial charge >= 0.3 is 0 Å². The average Bonchev–Trinajstić information content (AvgIpc) is 2.89. The molecule has 0 aliphatic carbocycles. The van der Waals surface area contributed by atoms with Crippen LogP contribution in [0.2, 0.25) is 0 Å². The molecule has 0 saturated heterocycles. The van der Waals surface area contributed by atoms with Crippen molar-refractivity contribution in [3.63, 3.8) is 0 Å². The highest BCUT2D eigenvalue weighted by atomic mass is 16.6. The Hall–Kier alpha value is -2.37. The van der Waals surface area contributed by atoms with E-state index in [0.29, 0.717) is 31.2 Å². The number of H-pyrrole nitrogens is 1. The van der Waals surface area contributed by atoms with Crippen LogP contribution < -0.4 is 20.5 Å². The quantitative estimate of drug-likeness (QED) is 0.712. The van der Waals surface area contributed by atoms with Crippen LogP contribution in [0.15, 0.2) is 24.4 Å². The number of anilines is 2. The van der Waals surface area contributed by atoms with Crippen molar-refractivity contribution in [3.05, 3.63) is 30.1 Å². The number of hydrogen-bond donors (Lipinski definition) is 3. The first-order valence-corrected chi connectivity index (χ1v) is 5.74. The van der Waals surface area contributed by atoms with Gasteiger partial charge in [-0.2, -0.15) is 5.10 Å². The third-order valence-corrected chi connectivity index (χ3v) is 2.74. The summed E-state index contributed by atoms with van der Waals surface area (Å²) in [6.07, 6.45) is 1.71. The lowest BCUT2D eigenvalue weighted by molar-refractivity contribution is 0.172. The monoisotopic (exact) mass is 246 g/mol. The summed E-state index contributed by atoms with van der Waals surface area (Å²) in [6, 6.07) is 5.55. The molecule has 2 aromatic rings. The van der Waals surface area contributed by atoms with Gasteiger partial charge in [0.15, 0.2) is 11.5 Å². The number of nitrogens with two attached hydrogens (primary N) is 1. The molecule has 0 bridgehead atoms. The summed E-state index contributed by atoms with van der Waals surface area (Å²) in [6.45, 7) is 1.76. The van der Waals surface area contributed by atoms with Crippen molar-refractivity contribution in [1.29, 1.82) is 0 Å². The van der Waals surface area contributed by atoms with E-state index >= 15 is 0 Å². The average molecular weight is 246 g/mol. The summed E-state index contributed by atoms with van der Waals surface area (Å²) in [4.78, 5) is 0. The third kappa shape index (κ3) is 2.04. The molecule has 0 radical (unpaired) electrons. The molecule has 6 heteroatoms. The molecule has 0 fully saturated rings. The number of nitrogen functional groups attached to an aromatic ring is 1. The van der Waals surface area contributed by atoms with Crippen LogP contribution in [0, 0.1) is 0 Å². The number of fused-ring (bicyclic) bond motifs is 1. The van der Waals surface area contributed by atoms with Gasteiger partial charge in [0.2, 0.25) is 0 Å². The van der Waals surface area contributed by atoms with Gasteiger partial charge in [-0.15, -0.1) is 0 Å². The zero-order valence-corrected chi connectivity index (χ0v) is 9.77. The van der Waals surface area contributed by atoms with Crippen LogP contribution >= 0.6 is 0 Å². The van der Waals surface area contributed by atoms with Crippen molar-refractivity contribution < 1.29 is 9.47 Å². The van der Waals surface area contributed by atoms with Gasteiger partial charge in [0.25, 0.3) is 0 Å². The second-order valence-corrected chi connectivity index (χ2v) is 4.02. The number of ether oxygens (including phenoxy) is 2. The molecule has 1 aliphatic rings. The van der Waals surface area contributed by atoms with Crippen molar-refractivity contribution in [1.82, 2.24) is 10.2 Å². The summed E-state index contributed by atoms with van der Waals surface area (Å²) in [5.41, 5.74) is 8.42. The third-order valence-electron chi connectivity index (χ3n) is 2.74. The molecule has 0 spiro atoms. The normalized spacial score (nSPS) is 13.3. The Bertz CT molecular complexity index is 539. The molecule has 3 rings (SSSR count). The van der Waals surface area contributed by atoms with Crippen LogP contribution in [0.25, 0.3) is 0 Å². The Morgan fingerprint density at radius 3 is 2.78 bits per heavy atom. The highest BCUT2D eigenvalue weighted by Crippen LogP contribution is 2.36. The molecule has 0 saturated carbocycles. The molecular formula is C12H14N4O2. The van der Waals surface area contributed by atoms with E-state index < -0.39 is 0 Å². The van der Waals surface area contributed by atoms with Crippen molar-refractivity contribution in [2.24, 2.45) is 0 Å². The molecule has 18 heavy (non-hydrogen) atoms. The second kappa shape index (κ2) is 4.48. The first kappa shape index (κ1) is 10.8. The van der Waals surface area contributed by atoms with E-state index in [0.717, 1.165) is 17.1 Å². The number of hydrogen-bond acceptors (Lipinski definition) is 5. The van der Waals surface area contributed by atoms with E-state index in [4.69, 9.17) is 15.2 Å². The van der Waals surface area contributed by atoms with Crippen LogP contribution in [0.3, 0.4) is 0 Å². The number of aromatic amines is 1. The van der Waals surface area contributed by atoms with Gasteiger partial charge < -0.3 is 20.5 Å². The smallest absolute Gasteiger partial charge is 0.163 e. The van der Waals surface area contributed by atoms with E-state index in [9.17, 15) is 0 Å². The van der Waals surface area contributed by atoms with Crippen molar-refractivity contribution in [2.45, 2.75) is 6.54 Å². The van der Waals surface area contributed by atoms with Gasteiger partial charge in [-0.05, 0) is 6.07 Å². The van der Waals surface area contributed by atoms with Crippen molar-refractivity contribution in [3.8, 4) is 11.5 Å². The molecule has 1 aliphatic heterocycles. The lowest BCUT2D eigenvalue weighted by Crippen LogP contribution is -2.16. The van der Waals surface area contributed by atoms with Crippen LogP contribution in [-0.4, -0.2) is 23.4 Å². The van der Waals surface area contributed by atoms with Gasteiger partial charge in [-0.25, -0.2) is 0 Å². The SMILES string of the molecule is Nc1cc2c(cc1NCc1ccn[nH]1)OCCO2. The summed E-state index contributed by atoms with van der Waals surface area (Å²) < 4.78 is 11.0. The highest BCUT2D eigenvalue weighted by Gasteiger charge is 2.14. The van der Waals surface area contributed by atoms with Crippen molar-refractivity contribution >= 4 is 11.4 Å². The molecular weight excluding hydrogens is 232 g/mol. The Morgan fingerprint density at radius 1 is 1.28 bits per heavy atom. The maximum atomic E-state index is 5.96. The highest BCUT2D eigenvalue weighted by molar-refractivity contribution is 5.72. The van der Waals surface area contributed by atoms with Crippen LogP contribution in [0.1, 0.15) is 5.69 Å². The summed E-state index contributed by atoms with van der Waals surface area (Å²) in [7, 11) is 0. The van der Waals surface area contributed by atoms with Crippen LogP contribution in [-0.2, 0) is 6.54 Å². The van der Waals surface area contributed by atoms with E-state index in [2.05, 4.69) is 15.5 Å². The number of benzene rings is 1. The largest absolute Gasteiger partial charge is 0.486 e. The predicted octanol–water partition coefficient (Wildman–Crippen LogP) is 1.38. The maximum absolute atomic E-state index is 5.96. The number of nitrogens with one attached hydrogen (secondary N) is 2. The zero-order chi connectivity index (χ0) is 12.4. The minimum Gasteiger partial charge on any atom is -0.486 e. The van der Waals surface area contributed by atoms with Gasteiger partial charge in [0, 0.05) is 18.3 Å². The van der Waals surface area contributed by atoms with Crippen LogP contribution in [0.5, 0.6) is 11.5 Å². The van der Waals surface area contributed by atoms with Gasteiger partial charge in [-0.3, -0.25) is 5.10 Å². The standard InChI is InChI=1S/C12H14N4O2/c13-9-5-11-12(18-4-3-17-11)6-10(9)14-7-8-1-2-15-16-8/h1-2,5-6,14H,3-4,7,13H2,(H,15,16). The molecule has 0 unspecified atom stereocenters. The molecule has 0 atom stereocenters. The Labute approximate surface area is 104 Å².